The normalized spacial score (nSPS) is 36.2. The average molecular weight is 384 g/mol. The van der Waals surface area contributed by atoms with E-state index in [0.29, 0.717) is 18.4 Å². The lowest BCUT2D eigenvalue weighted by Gasteiger charge is -2.44. The summed E-state index contributed by atoms with van der Waals surface area (Å²) in [6.45, 7) is 0. The van der Waals surface area contributed by atoms with Gasteiger partial charge in [0.05, 0.1) is 23.7 Å². The Morgan fingerprint density at radius 3 is 2.29 bits per heavy atom. The van der Waals surface area contributed by atoms with Gasteiger partial charge in [-0.1, -0.05) is 17.7 Å². The zero-order chi connectivity index (χ0) is 19.7. The molecule has 0 spiro atoms. The molecule has 1 aromatic rings. The summed E-state index contributed by atoms with van der Waals surface area (Å²) in [5, 5.41) is 14.3. The first kappa shape index (κ1) is 17.1. The second-order valence-electron chi connectivity index (χ2n) is 7.94. The van der Waals surface area contributed by atoms with E-state index in [0.717, 1.165) is 5.57 Å². The SMILES string of the molecule is O=C1NC(=O)C2C1CC=C1C2CC2C(=O)NC(=O)C2C1c1ccc(O)c(F)c1. The molecular formula is C20H17FN2O5. The molecule has 1 aromatic carbocycles. The van der Waals surface area contributed by atoms with Gasteiger partial charge in [-0.25, -0.2) is 4.39 Å². The third-order valence-corrected chi connectivity index (χ3v) is 6.66. The van der Waals surface area contributed by atoms with Gasteiger partial charge in [-0.05, 0) is 36.5 Å². The molecule has 0 radical (unpaired) electrons. The number of imide groups is 2. The molecule has 4 aliphatic rings. The van der Waals surface area contributed by atoms with Gasteiger partial charge in [0.25, 0.3) is 0 Å². The van der Waals surface area contributed by atoms with E-state index in [9.17, 15) is 28.7 Å². The predicted octanol–water partition coefficient (Wildman–Crippen LogP) is 0.742. The molecule has 4 amide bonds. The van der Waals surface area contributed by atoms with Crippen molar-refractivity contribution in [2.45, 2.75) is 18.8 Å². The highest BCUT2D eigenvalue weighted by atomic mass is 19.1. The fourth-order valence-electron chi connectivity index (χ4n) is 5.50. The van der Waals surface area contributed by atoms with Crippen LogP contribution in [0.3, 0.4) is 0 Å². The fraction of sp³-hybridized carbons (Fsp3) is 0.400. The summed E-state index contributed by atoms with van der Waals surface area (Å²) in [4.78, 5) is 49.5. The minimum Gasteiger partial charge on any atom is -0.505 e. The van der Waals surface area contributed by atoms with Gasteiger partial charge in [0.2, 0.25) is 23.6 Å². The van der Waals surface area contributed by atoms with Crippen LogP contribution < -0.4 is 10.6 Å². The number of hydrogen-bond acceptors (Lipinski definition) is 5. The van der Waals surface area contributed by atoms with Crippen LogP contribution in [0.15, 0.2) is 29.8 Å². The maximum absolute atomic E-state index is 14.1. The maximum Gasteiger partial charge on any atom is 0.231 e. The number of amides is 4. The monoisotopic (exact) mass is 384 g/mol. The van der Waals surface area contributed by atoms with Crippen LogP contribution in [0, 0.1) is 35.4 Å². The lowest BCUT2D eigenvalue weighted by atomic mass is 9.57. The minimum atomic E-state index is -0.816. The molecule has 3 N–H and O–H groups in total. The number of allylic oxidation sites excluding steroid dienone is 2. The summed E-state index contributed by atoms with van der Waals surface area (Å²) in [6.07, 6.45) is 2.52. The number of benzene rings is 1. The molecule has 0 aromatic heterocycles. The van der Waals surface area contributed by atoms with Crippen LogP contribution in [0.5, 0.6) is 5.75 Å². The second kappa shape index (κ2) is 5.73. The van der Waals surface area contributed by atoms with Gasteiger partial charge in [-0.3, -0.25) is 29.8 Å². The molecule has 6 atom stereocenters. The van der Waals surface area contributed by atoms with E-state index in [-0.39, 0.29) is 17.7 Å². The molecule has 2 saturated heterocycles. The highest BCUT2D eigenvalue weighted by Crippen LogP contribution is 2.56. The van der Waals surface area contributed by atoms with Gasteiger partial charge >= 0.3 is 0 Å². The summed E-state index contributed by atoms with van der Waals surface area (Å²) in [6, 6.07) is 3.92. The van der Waals surface area contributed by atoms with E-state index < -0.39 is 53.0 Å². The first-order valence-corrected chi connectivity index (χ1v) is 9.24. The number of nitrogens with one attached hydrogen (secondary N) is 2. The summed E-state index contributed by atoms with van der Waals surface area (Å²) >= 11 is 0. The Kier molecular flexibility index (Phi) is 3.50. The summed E-state index contributed by atoms with van der Waals surface area (Å²) in [5.74, 6) is -6.16. The number of aromatic hydroxyl groups is 1. The summed E-state index contributed by atoms with van der Waals surface area (Å²) < 4.78 is 14.1. The molecule has 2 aliphatic heterocycles. The smallest absolute Gasteiger partial charge is 0.231 e. The maximum atomic E-state index is 14.1. The van der Waals surface area contributed by atoms with E-state index in [1.807, 2.05) is 6.08 Å². The van der Waals surface area contributed by atoms with E-state index >= 15 is 0 Å². The van der Waals surface area contributed by atoms with Gasteiger partial charge in [-0.15, -0.1) is 0 Å². The highest BCUT2D eigenvalue weighted by Gasteiger charge is 2.58. The van der Waals surface area contributed by atoms with Gasteiger partial charge in [0, 0.05) is 5.92 Å². The van der Waals surface area contributed by atoms with Crippen LogP contribution in [-0.4, -0.2) is 28.7 Å². The van der Waals surface area contributed by atoms with Gasteiger partial charge in [-0.2, -0.15) is 0 Å². The molecule has 8 heteroatoms. The van der Waals surface area contributed by atoms with Crippen LogP contribution in [0.1, 0.15) is 24.3 Å². The predicted molar refractivity (Wildman–Crippen MR) is 91.9 cm³/mol. The third kappa shape index (κ3) is 2.20. The van der Waals surface area contributed by atoms with E-state index in [1.54, 1.807) is 0 Å². The zero-order valence-corrected chi connectivity index (χ0v) is 14.6. The van der Waals surface area contributed by atoms with Crippen molar-refractivity contribution in [3.8, 4) is 5.75 Å². The molecule has 6 unspecified atom stereocenters. The van der Waals surface area contributed by atoms with Gasteiger partial charge in [0.15, 0.2) is 11.6 Å². The Labute approximate surface area is 159 Å². The van der Waals surface area contributed by atoms with Crippen molar-refractivity contribution >= 4 is 23.6 Å². The molecule has 0 bridgehead atoms. The van der Waals surface area contributed by atoms with E-state index in [1.165, 1.54) is 18.2 Å². The lowest BCUT2D eigenvalue weighted by Crippen LogP contribution is -2.42. The van der Waals surface area contributed by atoms with Crippen LogP contribution in [-0.2, 0) is 19.2 Å². The van der Waals surface area contributed by atoms with E-state index in [4.69, 9.17) is 0 Å². The van der Waals surface area contributed by atoms with Crippen molar-refractivity contribution in [2.24, 2.45) is 29.6 Å². The number of halogens is 1. The first-order chi connectivity index (χ1) is 13.4. The van der Waals surface area contributed by atoms with E-state index in [2.05, 4.69) is 10.6 Å². The van der Waals surface area contributed by atoms with Gasteiger partial charge in [0.1, 0.15) is 0 Å². The van der Waals surface area contributed by atoms with Crippen molar-refractivity contribution in [3.63, 3.8) is 0 Å². The average Bonchev–Trinajstić information content (AvgIpc) is 3.11. The summed E-state index contributed by atoms with van der Waals surface area (Å²) in [5.41, 5.74) is 1.26. The number of phenols is 1. The topological polar surface area (TPSA) is 113 Å². The van der Waals surface area contributed by atoms with Crippen molar-refractivity contribution in [1.82, 2.24) is 10.6 Å². The molecule has 3 fully saturated rings. The largest absolute Gasteiger partial charge is 0.505 e. The van der Waals surface area contributed by atoms with Crippen molar-refractivity contribution in [1.29, 1.82) is 0 Å². The van der Waals surface area contributed by atoms with Gasteiger partial charge < -0.3 is 5.11 Å². The highest BCUT2D eigenvalue weighted by molar-refractivity contribution is 6.07. The minimum absolute atomic E-state index is 0.299. The first-order valence-electron chi connectivity index (χ1n) is 9.24. The van der Waals surface area contributed by atoms with Crippen molar-refractivity contribution in [3.05, 3.63) is 41.2 Å². The van der Waals surface area contributed by atoms with Crippen LogP contribution >= 0.6 is 0 Å². The van der Waals surface area contributed by atoms with Crippen molar-refractivity contribution in [2.75, 3.05) is 0 Å². The Morgan fingerprint density at radius 2 is 1.57 bits per heavy atom. The molecule has 28 heavy (non-hydrogen) atoms. The number of carbonyl (C=O) groups is 4. The standard InChI is InChI=1S/C20H17FN2O5/c21-12-5-7(1-4-13(12)24)14-8-2-3-9-15(19(27)22-17(9)25)10(8)6-11-16(14)20(28)23-18(11)26/h1-2,4-5,9-11,14-16,24H,3,6H2,(H,22,25,27)(H,23,26,28). The Balaban J connectivity index is 1.66. The number of phenolic OH excluding ortho intramolecular Hbond substituents is 1. The zero-order valence-electron chi connectivity index (χ0n) is 14.6. The quantitative estimate of drug-likeness (QED) is 0.488. The van der Waals surface area contributed by atoms with Crippen LogP contribution in [0.4, 0.5) is 4.39 Å². The molecule has 7 nitrogen and oxygen atoms in total. The molecule has 144 valence electrons. The third-order valence-electron chi connectivity index (χ3n) is 6.66. The number of hydrogen-bond donors (Lipinski definition) is 3. The molecule has 1 saturated carbocycles. The van der Waals surface area contributed by atoms with Crippen LogP contribution in [0.25, 0.3) is 0 Å². The Morgan fingerprint density at radius 1 is 0.893 bits per heavy atom. The fourth-order valence-corrected chi connectivity index (χ4v) is 5.50. The second-order valence-corrected chi connectivity index (χ2v) is 7.94. The number of rotatable bonds is 1. The van der Waals surface area contributed by atoms with Crippen molar-refractivity contribution < 1.29 is 28.7 Å². The number of carbonyl (C=O) groups excluding carboxylic acids is 4. The molecular weight excluding hydrogens is 367 g/mol. The Hall–Kier alpha value is -3.03. The molecule has 5 rings (SSSR count). The number of fused-ring (bicyclic) bond motifs is 4. The molecule has 2 aliphatic carbocycles. The van der Waals surface area contributed by atoms with Crippen LogP contribution in [0.2, 0.25) is 0 Å². The lowest BCUT2D eigenvalue weighted by molar-refractivity contribution is -0.128. The molecule has 2 heterocycles. The Bertz CT molecular complexity index is 987. The summed E-state index contributed by atoms with van der Waals surface area (Å²) in [7, 11) is 0.